The summed E-state index contributed by atoms with van der Waals surface area (Å²) in [5.74, 6) is 0.298. The fourth-order valence-electron chi connectivity index (χ4n) is 1.96. The van der Waals surface area contributed by atoms with Gasteiger partial charge >= 0.3 is 0 Å². The fraction of sp³-hybridized carbons (Fsp3) is 0.294. The van der Waals surface area contributed by atoms with Gasteiger partial charge in [0, 0.05) is 6.61 Å². The molecule has 0 radical (unpaired) electrons. The van der Waals surface area contributed by atoms with Crippen LogP contribution in [-0.4, -0.2) is 11.7 Å². The van der Waals surface area contributed by atoms with Crippen molar-refractivity contribution in [1.82, 2.24) is 0 Å². The van der Waals surface area contributed by atoms with Gasteiger partial charge < -0.3 is 9.84 Å². The zero-order valence-corrected chi connectivity index (χ0v) is 11.1. The Labute approximate surface area is 114 Å². The summed E-state index contributed by atoms with van der Waals surface area (Å²) in [4.78, 5) is 0. The summed E-state index contributed by atoms with van der Waals surface area (Å²) in [7, 11) is 0. The molecule has 19 heavy (non-hydrogen) atoms. The number of benzene rings is 2. The lowest BCUT2D eigenvalue weighted by Gasteiger charge is -2.05. The van der Waals surface area contributed by atoms with Crippen molar-refractivity contribution in [2.24, 2.45) is 0 Å². The average molecular weight is 256 g/mol. The predicted molar refractivity (Wildman–Crippen MR) is 77.1 cm³/mol. The first-order valence-electron chi connectivity index (χ1n) is 6.74. The first kappa shape index (κ1) is 13.6. The summed E-state index contributed by atoms with van der Waals surface area (Å²) >= 11 is 0. The summed E-state index contributed by atoms with van der Waals surface area (Å²) in [6.45, 7) is 1.40. The molecule has 0 amide bonds. The van der Waals surface area contributed by atoms with Crippen LogP contribution in [0.3, 0.4) is 0 Å². The first-order valence-corrected chi connectivity index (χ1v) is 6.74. The van der Waals surface area contributed by atoms with Crippen molar-refractivity contribution in [3.63, 3.8) is 0 Å². The van der Waals surface area contributed by atoms with Crippen molar-refractivity contribution in [3.05, 3.63) is 65.7 Å². The lowest BCUT2D eigenvalue weighted by molar-refractivity contribution is 0.117. The molecule has 0 atom stereocenters. The van der Waals surface area contributed by atoms with Gasteiger partial charge in [-0.3, -0.25) is 0 Å². The highest BCUT2D eigenvalue weighted by Gasteiger charge is 1.95. The topological polar surface area (TPSA) is 29.5 Å². The molecule has 1 N–H and O–H groups in total. The van der Waals surface area contributed by atoms with E-state index in [4.69, 9.17) is 9.84 Å². The third kappa shape index (κ3) is 5.14. The number of hydrogen-bond donors (Lipinski definition) is 1. The molecule has 0 saturated carbocycles. The fourth-order valence-corrected chi connectivity index (χ4v) is 1.96. The molecule has 2 nitrogen and oxygen atoms in total. The van der Waals surface area contributed by atoms with E-state index in [9.17, 15) is 0 Å². The van der Waals surface area contributed by atoms with Crippen LogP contribution in [0.4, 0.5) is 0 Å². The maximum atomic E-state index is 9.17. The number of ether oxygens (including phenoxy) is 1. The van der Waals surface area contributed by atoms with E-state index in [2.05, 4.69) is 24.3 Å². The standard InChI is InChI=1S/C17H20O2/c18-17-11-9-16(10-12-17)14-19-13-5-4-8-15-6-2-1-3-7-15/h1-3,6-7,9-12,18H,4-5,8,13-14H2. The summed E-state index contributed by atoms with van der Waals surface area (Å²) in [5.41, 5.74) is 2.49. The van der Waals surface area contributed by atoms with Crippen molar-refractivity contribution >= 4 is 0 Å². The normalized spacial score (nSPS) is 10.5. The Balaban J connectivity index is 1.56. The van der Waals surface area contributed by atoms with E-state index in [1.54, 1.807) is 12.1 Å². The van der Waals surface area contributed by atoms with Crippen LogP contribution in [0, 0.1) is 0 Å². The van der Waals surface area contributed by atoms with Gasteiger partial charge in [-0.25, -0.2) is 0 Å². The molecule has 0 heterocycles. The van der Waals surface area contributed by atoms with Gasteiger partial charge in [-0.15, -0.1) is 0 Å². The minimum Gasteiger partial charge on any atom is -0.508 e. The lowest BCUT2D eigenvalue weighted by atomic mass is 10.1. The first-order chi connectivity index (χ1) is 9.34. The molecular formula is C17H20O2. The highest BCUT2D eigenvalue weighted by molar-refractivity contribution is 5.25. The quantitative estimate of drug-likeness (QED) is 0.760. The summed E-state index contributed by atoms with van der Waals surface area (Å²) in [6, 6.07) is 17.7. The molecule has 0 aliphatic rings. The Morgan fingerprint density at radius 1 is 0.789 bits per heavy atom. The Kier molecular flexibility index (Phi) is 5.45. The molecule has 0 aliphatic heterocycles. The lowest BCUT2D eigenvalue weighted by Crippen LogP contribution is -1.96. The van der Waals surface area contributed by atoms with Gasteiger partial charge in [-0.2, -0.15) is 0 Å². The van der Waals surface area contributed by atoms with Gasteiger partial charge in [-0.1, -0.05) is 42.5 Å². The molecule has 0 spiro atoms. The molecule has 0 fully saturated rings. The van der Waals surface area contributed by atoms with E-state index in [1.807, 2.05) is 18.2 Å². The summed E-state index contributed by atoms with van der Waals surface area (Å²) in [6.07, 6.45) is 3.34. The molecule has 2 aromatic carbocycles. The van der Waals surface area contributed by atoms with Crippen molar-refractivity contribution in [2.75, 3.05) is 6.61 Å². The van der Waals surface area contributed by atoms with E-state index in [-0.39, 0.29) is 0 Å². The van der Waals surface area contributed by atoms with Gasteiger partial charge in [0.25, 0.3) is 0 Å². The third-order valence-electron chi connectivity index (χ3n) is 3.05. The smallest absolute Gasteiger partial charge is 0.115 e. The maximum Gasteiger partial charge on any atom is 0.115 e. The third-order valence-corrected chi connectivity index (χ3v) is 3.05. The number of aromatic hydroxyl groups is 1. The Bertz CT molecular complexity index is 462. The van der Waals surface area contributed by atoms with Gasteiger partial charge in [0.1, 0.15) is 5.75 Å². The van der Waals surface area contributed by atoms with Gasteiger partial charge in [0.2, 0.25) is 0 Å². The van der Waals surface area contributed by atoms with Crippen molar-refractivity contribution < 1.29 is 9.84 Å². The monoisotopic (exact) mass is 256 g/mol. The number of phenolic OH excluding ortho intramolecular Hbond substituents is 1. The zero-order valence-electron chi connectivity index (χ0n) is 11.1. The van der Waals surface area contributed by atoms with Crippen LogP contribution in [0.1, 0.15) is 24.0 Å². The van der Waals surface area contributed by atoms with Crippen LogP contribution in [0.15, 0.2) is 54.6 Å². The Morgan fingerprint density at radius 2 is 1.53 bits per heavy atom. The molecule has 2 aromatic rings. The van der Waals surface area contributed by atoms with E-state index in [1.165, 1.54) is 5.56 Å². The Hall–Kier alpha value is -1.80. The zero-order chi connectivity index (χ0) is 13.3. The predicted octanol–water partition coefficient (Wildman–Crippen LogP) is 3.93. The summed E-state index contributed by atoms with van der Waals surface area (Å²) in [5, 5.41) is 9.17. The van der Waals surface area contributed by atoms with Crippen LogP contribution < -0.4 is 0 Å². The van der Waals surface area contributed by atoms with Crippen LogP contribution >= 0.6 is 0 Å². The number of aryl methyl sites for hydroxylation is 1. The second-order valence-corrected chi connectivity index (χ2v) is 4.66. The highest BCUT2D eigenvalue weighted by Crippen LogP contribution is 2.11. The Morgan fingerprint density at radius 3 is 2.26 bits per heavy atom. The largest absolute Gasteiger partial charge is 0.508 e. The van der Waals surface area contributed by atoms with Crippen LogP contribution in [0.2, 0.25) is 0 Å². The van der Waals surface area contributed by atoms with E-state index in [0.29, 0.717) is 12.4 Å². The van der Waals surface area contributed by atoms with Crippen LogP contribution in [0.5, 0.6) is 5.75 Å². The van der Waals surface area contributed by atoms with Gasteiger partial charge in [0.15, 0.2) is 0 Å². The number of hydrogen-bond acceptors (Lipinski definition) is 2. The molecule has 2 rings (SSSR count). The molecule has 2 heteroatoms. The van der Waals surface area contributed by atoms with Crippen molar-refractivity contribution in [2.45, 2.75) is 25.9 Å². The number of unbranched alkanes of at least 4 members (excludes halogenated alkanes) is 1. The minimum absolute atomic E-state index is 0.298. The molecule has 0 bridgehead atoms. The van der Waals surface area contributed by atoms with Gasteiger partial charge in [0.05, 0.1) is 6.61 Å². The second-order valence-electron chi connectivity index (χ2n) is 4.66. The van der Waals surface area contributed by atoms with E-state index < -0.39 is 0 Å². The van der Waals surface area contributed by atoms with Crippen LogP contribution in [-0.2, 0) is 17.8 Å². The number of phenols is 1. The molecular weight excluding hydrogens is 236 g/mol. The summed E-state index contributed by atoms with van der Waals surface area (Å²) < 4.78 is 5.62. The maximum absolute atomic E-state index is 9.17. The van der Waals surface area contributed by atoms with Crippen molar-refractivity contribution in [3.8, 4) is 5.75 Å². The van der Waals surface area contributed by atoms with Crippen LogP contribution in [0.25, 0.3) is 0 Å². The SMILES string of the molecule is Oc1ccc(COCCCCc2ccccc2)cc1. The minimum atomic E-state index is 0.298. The highest BCUT2D eigenvalue weighted by atomic mass is 16.5. The van der Waals surface area contributed by atoms with E-state index >= 15 is 0 Å². The molecule has 0 aromatic heterocycles. The number of rotatable bonds is 7. The van der Waals surface area contributed by atoms with E-state index in [0.717, 1.165) is 31.4 Å². The molecule has 100 valence electrons. The molecule has 0 aliphatic carbocycles. The van der Waals surface area contributed by atoms with Crippen molar-refractivity contribution in [1.29, 1.82) is 0 Å². The molecule has 0 unspecified atom stereocenters. The molecule has 0 saturated heterocycles. The van der Waals surface area contributed by atoms with Gasteiger partial charge in [-0.05, 0) is 42.5 Å². The second kappa shape index (κ2) is 7.59. The average Bonchev–Trinajstić information content (AvgIpc) is 2.46.